The lowest BCUT2D eigenvalue weighted by atomic mass is 10.5. The Balaban J connectivity index is 4.56. The fourth-order valence-corrected chi connectivity index (χ4v) is 1.12. The van der Waals surface area contributed by atoms with E-state index in [2.05, 4.69) is 6.58 Å². The van der Waals surface area contributed by atoms with Gasteiger partial charge in [0.05, 0.1) is 6.61 Å². The van der Waals surface area contributed by atoms with Gasteiger partial charge >= 0.3 is 5.97 Å². The topological polar surface area (TPSA) is 57.2 Å². The maximum atomic E-state index is 10.1. The van der Waals surface area contributed by atoms with Gasteiger partial charge in [-0.25, -0.2) is 0 Å². The second-order valence-electron chi connectivity index (χ2n) is 2.91. The van der Waals surface area contributed by atoms with Gasteiger partial charge in [-0.2, -0.15) is 0 Å². The molecule has 1 unspecified atom stereocenters. The molecular weight excluding hydrogens is 212 g/mol. The summed E-state index contributed by atoms with van der Waals surface area (Å²) in [5, 5.41) is 10.1. The van der Waals surface area contributed by atoms with Crippen molar-refractivity contribution in [3.63, 3.8) is 0 Å². The Hall–Kier alpha value is -0.460. The Morgan fingerprint density at radius 2 is 1.69 bits per heavy atom. The lowest BCUT2D eigenvalue weighted by Gasteiger charge is -2.33. The van der Waals surface area contributed by atoms with Crippen molar-refractivity contribution in [2.75, 3.05) is 26.4 Å². The summed E-state index contributed by atoms with van der Waals surface area (Å²) in [4.78, 5) is 0. The summed E-state index contributed by atoms with van der Waals surface area (Å²) in [6.45, 7) is 10.0. The lowest BCUT2D eigenvalue weighted by Crippen LogP contribution is -2.50. The highest BCUT2D eigenvalue weighted by Gasteiger charge is 2.41. The van der Waals surface area contributed by atoms with Crippen LogP contribution in [0.2, 0.25) is 0 Å². The van der Waals surface area contributed by atoms with E-state index in [0.29, 0.717) is 13.2 Å². The van der Waals surface area contributed by atoms with Gasteiger partial charge < -0.3 is 24.1 Å². The molecule has 0 amide bonds. The van der Waals surface area contributed by atoms with Crippen LogP contribution >= 0.6 is 0 Å². The predicted molar refractivity (Wildman–Crippen MR) is 59.8 cm³/mol. The molecule has 0 aromatic carbocycles. The average molecular weight is 234 g/mol. The van der Waals surface area contributed by atoms with Crippen molar-refractivity contribution in [1.29, 1.82) is 0 Å². The minimum atomic E-state index is -1.89. The Morgan fingerprint density at radius 1 is 1.12 bits per heavy atom. The molecule has 0 aliphatic rings. The van der Waals surface area contributed by atoms with Crippen molar-refractivity contribution in [2.24, 2.45) is 0 Å². The number of aliphatic hydroxyl groups is 1. The molecule has 0 saturated heterocycles. The van der Waals surface area contributed by atoms with Crippen molar-refractivity contribution >= 4 is 0 Å². The molecule has 1 atom stereocenters. The molecule has 5 heteroatoms. The summed E-state index contributed by atoms with van der Waals surface area (Å²) in [5.74, 6) is -1.89. The highest BCUT2D eigenvalue weighted by Crippen LogP contribution is 2.19. The molecule has 0 spiro atoms. The van der Waals surface area contributed by atoms with E-state index in [1.54, 1.807) is 20.8 Å². The van der Waals surface area contributed by atoms with E-state index in [1.165, 1.54) is 6.08 Å². The number of ether oxygens (including phenoxy) is 4. The van der Waals surface area contributed by atoms with Crippen LogP contribution in [0.4, 0.5) is 0 Å². The van der Waals surface area contributed by atoms with E-state index in [9.17, 15) is 5.11 Å². The minimum Gasteiger partial charge on any atom is -0.346 e. The molecule has 0 aliphatic carbocycles. The third kappa shape index (κ3) is 5.05. The van der Waals surface area contributed by atoms with Gasteiger partial charge in [0, 0.05) is 19.8 Å². The van der Waals surface area contributed by atoms with Crippen LogP contribution < -0.4 is 0 Å². The van der Waals surface area contributed by atoms with Gasteiger partial charge in [0.2, 0.25) is 6.29 Å². The first-order chi connectivity index (χ1) is 7.64. The number of hydrogen-bond acceptors (Lipinski definition) is 5. The van der Waals surface area contributed by atoms with Crippen LogP contribution in [0, 0.1) is 0 Å². The van der Waals surface area contributed by atoms with Crippen LogP contribution in [0.5, 0.6) is 0 Å². The van der Waals surface area contributed by atoms with Crippen molar-refractivity contribution in [2.45, 2.75) is 33.0 Å². The molecule has 0 radical (unpaired) electrons. The first kappa shape index (κ1) is 15.5. The van der Waals surface area contributed by atoms with Crippen LogP contribution in [0.3, 0.4) is 0 Å². The van der Waals surface area contributed by atoms with E-state index >= 15 is 0 Å². The second-order valence-corrected chi connectivity index (χ2v) is 2.91. The standard InChI is InChI=1S/C11H22O5/c1-5-9-16-11(12,15-8-4)10(13-6-2)14-7-3/h5,10,12H,1,6-9H2,2-4H3. The fraction of sp³-hybridized carbons (Fsp3) is 0.818. The molecule has 0 saturated carbocycles. The SMILES string of the molecule is C=CCOC(O)(OCC)C(OCC)OCC. The quantitative estimate of drug-likeness (QED) is 0.455. The van der Waals surface area contributed by atoms with Crippen LogP contribution in [-0.2, 0) is 18.9 Å². The molecule has 0 heterocycles. The Kier molecular flexibility index (Phi) is 8.42. The molecule has 0 aromatic rings. The molecule has 5 nitrogen and oxygen atoms in total. The van der Waals surface area contributed by atoms with Crippen molar-refractivity contribution in [3.05, 3.63) is 12.7 Å². The third-order valence-electron chi connectivity index (χ3n) is 1.69. The number of rotatable bonds is 10. The van der Waals surface area contributed by atoms with E-state index < -0.39 is 12.3 Å². The molecule has 0 fully saturated rings. The fourth-order valence-electron chi connectivity index (χ4n) is 1.12. The summed E-state index contributed by atoms with van der Waals surface area (Å²) in [7, 11) is 0. The van der Waals surface area contributed by atoms with Gasteiger partial charge in [-0.05, 0) is 20.8 Å². The third-order valence-corrected chi connectivity index (χ3v) is 1.69. The summed E-state index contributed by atoms with van der Waals surface area (Å²) in [6, 6.07) is 0. The van der Waals surface area contributed by atoms with Crippen LogP contribution in [-0.4, -0.2) is 43.8 Å². The molecule has 1 N–H and O–H groups in total. The van der Waals surface area contributed by atoms with E-state index in [1.807, 2.05) is 0 Å². The summed E-state index contributed by atoms with van der Waals surface area (Å²) in [5.41, 5.74) is 0. The summed E-state index contributed by atoms with van der Waals surface area (Å²) >= 11 is 0. The predicted octanol–water partition coefficient (Wildman–Crippen LogP) is 1.27. The lowest BCUT2D eigenvalue weighted by molar-refractivity contribution is -0.438. The van der Waals surface area contributed by atoms with Gasteiger partial charge in [0.15, 0.2) is 0 Å². The Morgan fingerprint density at radius 3 is 2.06 bits per heavy atom. The second kappa shape index (κ2) is 8.66. The molecular formula is C11H22O5. The average Bonchev–Trinajstić information content (AvgIpc) is 2.26. The van der Waals surface area contributed by atoms with Gasteiger partial charge in [0.25, 0.3) is 0 Å². The summed E-state index contributed by atoms with van der Waals surface area (Å²) in [6.07, 6.45) is 0.543. The highest BCUT2D eigenvalue weighted by molar-refractivity contribution is 4.68. The van der Waals surface area contributed by atoms with E-state index in [0.717, 1.165) is 0 Å². The van der Waals surface area contributed by atoms with Gasteiger partial charge in [0.1, 0.15) is 0 Å². The highest BCUT2D eigenvalue weighted by atomic mass is 16.9. The Bertz CT molecular complexity index is 179. The summed E-state index contributed by atoms with van der Waals surface area (Å²) < 4.78 is 20.8. The first-order valence-electron chi connectivity index (χ1n) is 5.48. The van der Waals surface area contributed by atoms with Crippen LogP contribution in [0.15, 0.2) is 12.7 Å². The zero-order chi connectivity index (χ0) is 12.4. The molecule has 16 heavy (non-hydrogen) atoms. The monoisotopic (exact) mass is 234 g/mol. The Labute approximate surface area is 96.9 Å². The molecule has 0 bridgehead atoms. The number of hydrogen-bond donors (Lipinski definition) is 1. The van der Waals surface area contributed by atoms with Crippen molar-refractivity contribution < 1.29 is 24.1 Å². The zero-order valence-electron chi connectivity index (χ0n) is 10.3. The molecule has 0 aromatic heterocycles. The van der Waals surface area contributed by atoms with Gasteiger partial charge in [-0.15, -0.1) is 6.58 Å². The van der Waals surface area contributed by atoms with Crippen LogP contribution in [0.25, 0.3) is 0 Å². The largest absolute Gasteiger partial charge is 0.346 e. The van der Waals surface area contributed by atoms with E-state index in [-0.39, 0.29) is 13.2 Å². The minimum absolute atomic E-state index is 0.146. The van der Waals surface area contributed by atoms with Gasteiger partial charge in [-0.3, -0.25) is 0 Å². The maximum Gasteiger partial charge on any atom is 0.335 e. The van der Waals surface area contributed by atoms with Gasteiger partial charge in [-0.1, -0.05) is 6.08 Å². The van der Waals surface area contributed by atoms with Crippen molar-refractivity contribution in [3.8, 4) is 0 Å². The molecule has 0 aliphatic heterocycles. The van der Waals surface area contributed by atoms with Crippen molar-refractivity contribution in [1.82, 2.24) is 0 Å². The normalized spacial score (nSPS) is 15.1. The maximum absolute atomic E-state index is 10.1. The zero-order valence-corrected chi connectivity index (χ0v) is 10.3. The van der Waals surface area contributed by atoms with Crippen LogP contribution in [0.1, 0.15) is 20.8 Å². The molecule has 0 rings (SSSR count). The first-order valence-corrected chi connectivity index (χ1v) is 5.48. The van der Waals surface area contributed by atoms with E-state index in [4.69, 9.17) is 18.9 Å². The smallest absolute Gasteiger partial charge is 0.335 e. The molecule has 96 valence electrons.